The van der Waals surface area contributed by atoms with E-state index < -0.39 is 9.84 Å². The largest absolute Gasteiger partial charge is 0.287 e. The summed E-state index contributed by atoms with van der Waals surface area (Å²) in [5, 5.41) is -0.178. The first-order chi connectivity index (χ1) is 3.52. The van der Waals surface area contributed by atoms with Crippen LogP contribution in [0.1, 0.15) is 0 Å². The molecule has 0 amide bonds. The quantitative estimate of drug-likeness (QED) is 0.446. The molecule has 0 aromatic rings. The van der Waals surface area contributed by atoms with Crippen molar-refractivity contribution >= 4 is 9.84 Å². The molecule has 0 N–H and O–H groups in total. The summed E-state index contributed by atoms with van der Waals surface area (Å²) in [5.74, 6) is 0. The molecule has 1 aliphatic rings. The first kappa shape index (κ1) is 6.04. The van der Waals surface area contributed by atoms with Crippen molar-refractivity contribution in [2.24, 2.45) is 0 Å². The molecular weight excluding hydrogens is 126 g/mol. The van der Waals surface area contributed by atoms with Crippen molar-refractivity contribution in [3.05, 3.63) is 0 Å². The molecule has 2 atom stereocenters. The van der Waals surface area contributed by atoms with E-state index in [-0.39, 0.29) is 5.37 Å². The fourth-order valence-corrected chi connectivity index (χ4v) is 1.82. The second-order valence-electron chi connectivity index (χ2n) is 2.22. The maximum absolute atomic E-state index is 10.6. The molecule has 4 heteroatoms. The minimum absolute atomic E-state index is 0.178. The summed E-state index contributed by atoms with van der Waals surface area (Å²) in [7, 11) is -0.956. The first-order valence-corrected chi connectivity index (χ1v) is 4.36. The third-order valence-electron chi connectivity index (χ3n) is 1.30. The summed E-state index contributed by atoms with van der Waals surface area (Å²) < 4.78 is 21.1. The van der Waals surface area contributed by atoms with Gasteiger partial charge in [-0.1, -0.05) is 0 Å². The molecule has 0 spiro atoms. The Balaban J connectivity index is 2.66. The van der Waals surface area contributed by atoms with Gasteiger partial charge in [0.15, 0.2) is 9.84 Å². The van der Waals surface area contributed by atoms with Crippen molar-refractivity contribution in [2.75, 3.05) is 19.8 Å². The van der Waals surface area contributed by atoms with Crippen molar-refractivity contribution in [1.29, 1.82) is 0 Å². The second-order valence-corrected chi connectivity index (χ2v) is 4.43. The normalized spacial score (nSPS) is 37.2. The first-order valence-electron chi connectivity index (χ1n) is 2.41. The van der Waals surface area contributed by atoms with Crippen LogP contribution in [0.3, 0.4) is 0 Å². The van der Waals surface area contributed by atoms with Gasteiger partial charge in [0.05, 0.1) is 0 Å². The number of sulfone groups is 1. The lowest BCUT2D eigenvalue weighted by Gasteiger charge is -1.89. The number of hydrogen-bond acceptors (Lipinski definition) is 3. The van der Waals surface area contributed by atoms with Gasteiger partial charge in [0.25, 0.3) is 0 Å². The second kappa shape index (κ2) is 1.45. The van der Waals surface area contributed by atoms with E-state index in [1.165, 1.54) is 6.26 Å². The van der Waals surface area contributed by atoms with Crippen molar-refractivity contribution in [1.82, 2.24) is 4.90 Å². The molecule has 1 heterocycles. The van der Waals surface area contributed by atoms with Crippen molar-refractivity contribution in [2.45, 2.75) is 5.37 Å². The summed E-state index contributed by atoms with van der Waals surface area (Å²) in [6.45, 7) is 0.707. The lowest BCUT2D eigenvalue weighted by atomic mass is 11.0. The Kier molecular flexibility index (Phi) is 1.09. The zero-order chi connectivity index (χ0) is 6.36. The molecule has 1 fully saturated rings. The topological polar surface area (TPSA) is 37.1 Å². The van der Waals surface area contributed by atoms with E-state index in [9.17, 15) is 8.42 Å². The average molecular weight is 135 g/mol. The van der Waals surface area contributed by atoms with Crippen LogP contribution in [0.25, 0.3) is 0 Å². The predicted octanol–water partition coefficient (Wildman–Crippen LogP) is -0.698. The van der Waals surface area contributed by atoms with Gasteiger partial charge in [-0.2, -0.15) is 0 Å². The van der Waals surface area contributed by atoms with Crippen LogP contribution in [0.15, 0.2) is 0 Å². The highest BCUT2D eigenvalue weighted by Gasteiger charge is 2.38. The van der Waals surface area contributed by atoms with Gasteiger partial charge in [0.2, 0.25) is 0 Å². The monoisotopic (exact) mass is 135 g/mol. The van der Waals surface area contributed by atoms with Gasteiger partial charge >= 0.3 is 0 Å². The van der Waals surface area contributed by atoms with Gasteiger partial charge < -0.3 is 0 Å². The number of nitrogens with zero attached hydrogens (tertiary/aromatic N) is 1. The van der Waals surface area contributed by atoms with Gasteiger partial charge in [-0.25, -0.2) is 8.42 Å². The van der Waals surface area contributed by atoms with Crippen molar-refractivity contribution in [3.63, 3.8) is 0 Å². The lowest BCUT2D eigenvalue weighted by Crippen LogP contribution is -2.08. The maximum Gasteiger partial charge on any atom is 0.164 e. The van der Waals surface area contributed by atoms with E-state index in [0.29, 0.717) is 6.54 Å². The highest BCUT2D eigenvalue weighted by atomic mass is 32.2. The Morgan fingerprint density at radius 3 is 2.00 bits per heavy atom. The van der Waals surface area contributed by atoms with Crippen LogP contribution in [0.4, 0.5) is 0 Å². The van der Waals surface area contributed by atoms with Crippen LogP contribution >= 0.6 is 0 Å². The molecule has 0 aromatic heterocycles. The van der Waals surface area contributed by atoms with Crippen molar-refractivity contribution < 1.29 is 8.42 Å². The van der Waals surface area contributed by atoms with Crippen LogP contribution in [0.5, 0.6) is 0 Å². The summed E-state index contributed by atoms with van der Waals surface area (Å²) in [6.07, 6.45) is 1.27. The Bertz CT molecular complexity index is 184. The molecule has 0 radical (unpaired) electrons. The fraction of sp³-hybridized carbons (Fsp3) is 1.00. The Morgan fingerprint density at radius 1 is 1.62 bits per heavy atom. The molecule has 0 aromatic carbocycles. The van der Waals surface area contributed by atoms with Gasteiger partial charge in [0, 0.05) is 12.8 Å². The van der Waals surface area contributed by atoms with E-state index in [1.54, 1.807) is 11.9 Å². The predicted molar refractivity (Wildman–Crippen MR) is 31.3 cm³/mol. The van der Waals surface area contributed by atoms with Crippen LogP contribution in [-0.4, -0.2) is 38.5 Å². The maximum atomic E-state index is 10.6. The highest BCUT2D eigenvalue weighted by Crippen LogP contribution is 2.18. The SMILES string of the molecule is CN1CC1S(C)(=O)=O. The lowest BCUT2D eigenvalue weighted by molar-refractivity contribution is 0.583. The molecule has 2 unspecified atom stereocenters. The van der Waals surface area contributed by atoms with Gasteiger partial charge in [-0.3, -0.25) is 4.90 Å². The van der Waals surface area contributed by atoms with E-state index in [0.717, 1.165) is 0 Å². The molecule has 0 bridgehead atoms. The minimum Gasteiger partial charge on any atom is -0.287 e. The highest BCUT2D eigenvalue weighted by molar-refractivity contribution is 7.91. The van der Waals surface area contributed by atoms with E-state index in [4.69, 9.17) is 0 Å². The molecular formula is C4H9NO2S. The van der Waals surface area contributed by atoms with Crippen LogP contribution < -0.4 is 0 Å². The molecule has 3 nitrogen and oxygen atoms in total. The summed E-state index contributed by atoms with van der Waals surface area (Å²) in [4.78, 5) is 1.79. The zero-order valence-electron chi connectivity index (χ0n) is 4.96. The standard InChI is InChI=1S/C4H9NO2S/c1-5-3-4(5)8(2,6)7/h4H,3H2,1-2H3. The Hall–Kier alpha value is -0.0900. The van der Waals surface area contributed by atoms with Gasteiger partial charge in [-0.05, 0) is 7.05 Å². The van der Waals surface area contributed by atoms with E-state index >= 15 is 0 Å². The van der Waals surface area contributed by atoms with Crippen LogP contribution in [-0.2, 0) is 9.84 Å². The van der Waals surface area contributed by atoms with Crippen LogP contribution in [0, 0.1) is 0 Å². The fourth-order valence-electron chi connectivity index (χ4n) is 0.661. The zero-order valence-corrected chi connectivity index (χ0v) is 5.77. The summed E-state index contributed by atoms with van der Waals surface area (Å²) in [6, 6.07) is 0. The molecule has 1 rings (SSSR count). The van der Waals surface area contributed by atoms with Crippen LogP contribution in [0.2, 0.25) is 0 Å². The smallest absolute Gasteiger partial charge is 0.164 e. The number of rotatable bonds is 1. The number of likely N-dealkylation sites (N-methyl/N-ethyl adjacent to an activating group) is 1. The number of hydrogen-bond donors (Lipinski definition) is 0. The summed E-state index contributed by atoms with van der Waals surface area (Å²) >= 11 is 0. The van der Waals surface area contributed by atoms with E-state index in [2.05, 4.69) is 0 Å². The van der Waals surface area contributed by atoms with Gasteiger partial charge in [-0.15, -0.1) is 0 Å². The molecule has 1 aliphatic heterocycles. The molecule has 1 saturated heterocycles. The third-order valence-corrected chi connectivity index (χ3v) is 2.79. The Labute approximate surface area is 49.2 Å². The van der Waals surface area contributed by atoms with Gasteiger partial charge in [0.1, 0.15) is 5.37 Å². The molecule has 0 aliphatic carbocycles. The molecule has 48 valence electrons. The van der Waals surface area contributed by atoms with E-state index in [1.807, 2.05) is 0 Å². The molecule has 8 heavy (non-hydrogen) atoms. The summed E-state index contributed by atoms with van der Waals surface area (Å²) in [5.41, 5.74) is 0. The molecule has 0 saturated carbocycles. The third kappa shape index (κ3) is 1.00. The van der Waals surface area contributed by atoms with Crippen molar-refractivity contribution in [3.8, 4) is 0 Å². The average Bonchev–Trinajstić information content (AvgIpc) is 2.13. The Morgan fingerprint density at radius 2 is 2.00 bits per heavy atom. The minimum atomic E-state index is -2.75.